The third-order valence-electron chi connectivity index (χ3n) is 3.09. The van der Waals surface area contributed by atoms with E-state index in [9.17, 15) is 4.39 Å². The average molecular weight is 273 g/mol. The fraction of sp³-hybridized carbons (Fsp3) is 0.267. The largest absolute Gasteiger partial charge is 0.492 e. The number of anilines is 1. The SMILES string of the molecule is CCc1c(N)cc(C#N)n1CCOc1ccc(F)cc1. The zero-order chi connectivity index (χ0) is 14.5. The highest BCUT2D eigenvalue weighted by Gasteiger charge is 2.11. The second kappa shape index (κ2) is 6.11. The Balaban J connectivity index is 2.04. The van der Waals surface area contributed by atoms with Crippen molar-refractivity contribution in [3.05, 3.63) is 47.5 Å². The van der Waals surface area contributed by atoms with Crippen LogP contribution in [0.2, 0.25) is 0 Å². The molecular weight excluding hydrogens is 257 g/mol. The normalized spacial score (nSPS) is 10.2. The van der Waals surface area contributed by atoms with Crippen LogP contribution >= 0.6 is 0 Å². The van der Waals surface area contributed by atoms with Gasteiger partial charge in [0.05, 0.1) is 12.2 Å². The van der Waals surface area contributed by atoms with Crippen molar-refractivity contribution in [1.29, 1.82) is 5.26 Å². The van der Waals surface area contributed by atoms with Crippen molar-refractivity contribution >= 4 is 5.69 Å². The number of hydrogen-bond acceptors (Lipinski definition) is 3. The van der Waals surface area contributed by atoms with E-state index in [1.54, 1.807) is 18.2 Å². The molecule has 0 bridgehead atoms. The summed E-state index contributed by atoms with van der Waals surface area (Å²) in [5.41, 5.74) is 7.97. The first-order chi connectivity index (χ1) is 9.65. The highest BCUT2D eigenvalue weighted by Crippen LogP contribution is 2.19. The quantitative estimate of drug-likeness (QED) is 0.911. The second-order valence-corrected chi connectivity index (χ2v) is 4.35. The summed E-state index contributed by atoms with van der Waals surface area (Å²) in [5, 5.41) is 9.09. The summed E-state index contributed by atoms with van der Waals surface area (Å²) in [4.78, 5) is 0. The van der Waals surface area contributed by atoms with Gasteiger partial charge in [0.15, 0.2) is 0 Å². The zero-order valence-electron chi connectivity index (χ0n) is 11.3. The number of nitrogens with zero attached hydrogens (tertiary/aromatic N) is 2. The Kier molecular flexibility index (Phi) is 4.26. The number of rotatable bonds is 5. The lowest BCUT2D eigenvalue weighted by Crippen LogP contribution is -2.12. The van der Waals surface area contributed by atoms with Crippen LogP contribution in [0.1, 0.15) is 18.3 Å². The van der Waals surface area contributed by atoms with Crippen molar-refractivity contribution in [3.63, 3.8) is 0 Å². The Hall–Kier alpha value is -2.48. The lowest BCUT2D eigenvalue weighted by Gasteiger charge is -2.11. The molecule has 0 aliphatic rings. The fourth-order valence-corrected chi connectivity index (χ4v) is 2.14. The highest BCUT2D eigenvalue weighted by molar-refractivity contribution is 5.50. The molecule has 1 aromatic heterocycles. The van der Waals surface area contributed by atoms with Crippen LogP contribution < -0.4 is 10.5 Å². The van der Waals surface area contributed by atoms with E-state index < -0.39 is 0 Å². The maximum Gasteiger partial charge on any atom is 0.123 e. The molecule has 5 heteroatoms. The molecule has 1 aromatic carbocycles. The van der Waals surface area contributed by atoms with Crippen LogP contribution in [-0.4, -0.2) is 11.2 Å². The predicted molar refractivity (Wildman–Crippen MR) is 74.8 cm³/mol. The Bertz CT molecular complexity index is 626. The number of nitrogen functional groups attached to an aromatic ring is 1. The molecule has 2 aromatic rings. The van der Waals surface area contributed by atoms with Gasteiger partial charge in [-0.15, -0.1) is 0 Å². The molecule has 0 fully saturated rings. The van der Waals surface area contributed by atoms with Crippen LogP contribution in [0.25, 0.3) is 0 Å². The molecular formula is C15H16FN3O. The van der Waals surface area contributed by atoms with Gasteiger partial charge in [-0.25, -0.2) is 4.39 Å². The van der Waals surface area contributed by atoms with E-state index >= 15 is 0 Å². The molecule has 0 atom stereocenters. The monoisotopic (exact) mass is 273 g/mol. The van der Waals surface area contributed by atoms with Gasteiger partial charge >= 0.3 is 0 Å². The molecule has 104 valence electrons. The molecule has 1 heterocycles. The molecule has 0 saturated carbocycles. The minimum absolute atomic E-state index is 0.296. The topological polar surface area (TPSA) is 64.0 Å². The summed E-state index contributed by atoms with van der Waals surface area (Å²) in [6, 6.07) is 9.65. The second-order valence-electron chi connectivity index (χ2n) is 4.35. The van der Waals surface area contributed by atoms with Gasteiger partial charge in [-0.2, -0.15) is 5.26 Å². The standard InChI is InChI=1S/C15H16FN3O/c1-2-15-14(18)9-12(10-17)19(15)7-8-20-13-5-3-11(16)4-6-13/h3-6,9H,2,7-8,18H2,1H3. The summed E-state index contributed by atoms with van der Waals surface area (Å²) in [6.07, 6.45) is 0.754. The summed E-state index contributed by atoms with van der Waals surface area (Å²) < 4.78 is 20.2. The molecule has 0 aliphatic heterocycles. The Morgan fingerprint density at radius 3 is 2.65 bits per heavy atom. The summed E-state index contributed by atoms with van der Waals surface area (Å²) in [7, 11) is 0. The number of aromatic nitrogens is 1. The molecule has 0 spiro atoms. The van der Waals surface area contributed by atoms with Crippen LogP contribution in [-0.2, 0) is 13.0 Å². The first-order valence-corrected chi connectivity index (χ1v) is 6.42. The van der Waals surface area contributed by atoms with Crippen LogP contribution in [0.4, 0.5) is 10.1 Å². The number of halogens is 1. The van der Waals surface area contributed by atoms with E-state index in [2.05, 4.69) is 6.07 Å². The number of nitrogens with two attached hydrogens (primary N) is 1. The lowest BCUT2D eigenvalue weighted by atomic mass is 10.3. The number of nitriles is 1. The summed E-state index contributed by atoms with van der Waals surface area (Å²) >= 11 is 0. The summed E-state index contributed by atoms with van der Waals surface area (Å²) in [6.45, 7) is 2.91. The first-order valence-electron chi connectivity index (χ1n) is 6.42. The minimum Gasteiger partial charge on any atom is -0.492 e. The third-order valence-corrected chi connectivity index (χ3v) is 3.09. The molecule has 0 unspecified atom stereocenters. The molecule has 4 nitrogen and oxygen atoms in total. The van der Waals surface area contributed by atoms with Crippen molar-refractivity contribution in [1.82, 2.24) is 4.57 Å². The van der Waals surface area contributed by atoms with Gasteiger partial charge in [0.1, 0.15) is 29.9 Å². The van der Waals surface area contributed by atoms with Gasteiger partial charge in [0, 0.05) is 5.69 Å². The smallest absolute Gasteiger partial charge is 0.123 e. The van der Waals surface area contributed by atoms with Crippen molar-refractivity contribution in [3.8, 4) is 11.8 Å². The molecule has 0 amide bonds. The molecule has 2 rings (SSSR count). The molecule has 0 radical (unpaired) electrons. The molecule has 0 saturated heterocycles. The van der Waals surface area contributed by atoms with E-state index in [4.69, 9.17) is 15.7 Å². The van der Waals surface area contributed by atoms with Gasteiger partial charge in [0.2, 0.25) is 0 Å². The van der Waals surface area contributed by atoms with E-state index in [0.717, 1.165) is 12.1 Å². The van der Waals surface area contributed by atoms with E-state index in [1.807, 2.05) is 11.5 Å². The van der Waals surface area contributed by atoms with Crippen molar-refractivity contribution < 1.29 is 9.13 Å². The fourth-order valence-electron chi connectivity index (χ4n) is 2.14. The van der Waals surface area contributed by atoms with Crippen molar-refractivity contribution in [2.24, 2.45) is 0 Å². The minimum atomic E-state index is -0.296. The van der Waals surface area contributed by atoms with Crippen molar-refractivity contribution in [2.75, 3.05) is 12.3 Å². The highest BCUT2D eigenvalue weighted by atomic mass is 19.1. The van der Waals surface area contributed by atoms with Gasteiger partial charge in [0.25, 0.3) is 0 Å². The van der Waals surface area contributed by atoms with Gasteiger partial charge in [-0.3, -0.25) is 0 Å². The van der Waals surface area contributed by atoms with Gasteiger partial charge < -0.3 is 15.0 Å². The van der Waals surface area contributed by atoms with Crippen molar-refractivity contribution in [2.45, 2.75) is 19.9 Å². The lowest BCUT2D eigenvalue weighted by molar-refractivity contribution is 0.296. The van der Waals surface area contributed by atoms with E-state index in [1.165, 1.54) is 12.1 Å². The third kappa shape index (κ3) is 2.91. The van der Waals surface area contributed by atoms with Crippen LogP contribution in [0.3, 0.4) is 0 Å². The number of ether oxygens (including phenoxy) is 1. The van der Waals surface area contributed by atoms with Crippen LogP contribution in [0.5, 0.6) is 5.75 Å². The number of benzene rings is 1. The Morgan fingerprint density at radius 1 is 1.35 bits per heavy atom. The van der Waals surface area contributed by atoms with Crippen LogP contribution in [0, 0.1) is 17.1 Å². The maximum absolute atomic E-state index is 12.8. The summed E-state index contributed by atoms with van der Waals surface area (Å²) in [5.74, 6) is 0.304. The zero-order valence-corrected chi connectivity index (χ0v) is 11.3. The predicted octanol–water partition coefficient (Wildman–Crippen LogP) is 2.72. The first kappa shape index (κ1) is 13.9. The maximum atomic E-state index is 12.8. The number of hydrogen-bond donors (Lipinski definition) is 1. The van der Waals surface area contributed by atoms with Gasteiger partial charge in [-0.05, 0) is 36.8 Å². The van der Waals surface area contributed by atoms with Crippen LogP contribution in [0.15, 0.2) is 30.3 Å². The molecule has 20 heavy (non-hydrogen) atoms. The molecule has 2 N–H and O–H groups in total. The molecule has 0 aliphatic carbocycles. The van der Waals surface area contributed by atoms with Gasteiger partial charge in [-0.1, -0.05) is 6.92 Å². The average Bonchev–Trinajstić information content (AvgIpc) is 2.76. The van der Waals surface area contributed by atoms with E-state index in [-0.39, 0.29) is 5.82 Å². The Morgan fingerprint density at radius 2 is 2.05 bits per heavy atom. The van der Waals surface area contributed by atoms with E-state index in [0.29, 0.717) is 30.3 Å². The Labute approximate surface area is 117 Å².